The topological polar surface area (TPSA) is 73.6 Å². The Hall–Kier alpha value is -1.91. The maximum absolute atomic E-state index is 13.3. The first-order valence-corrected chi connectivity index (χ1v) is 7.58. The maximum atomic E-state index is 13.3. The number of ether oxygens (including phenoxy) is 1. The van der Waals surface area contributed by atoms with Crippen LogP contribution in [0.2, 0.25) is 0 Å². The van der Waals surface area contributed by atoms with Crippen molar-refractivity contribution in [3.8, 4) is 6.07 Å². The summed E-state index contributed by atoms with van der Waals surface area (Å²) in [5.41, 5.74) is -0.740. The number of likely N-dealkylation sites (tertiary alicyclic amines) is 2. The zero-order chi connectivity index (χ0) is 17.4. The van der Waals surface area contributed by atoms with E-state index in [1.165, 1.54) is 4.90 Å². The van der Waals surface area contributed by atoms with Gasteiger partial charge < -0.3 is 9.64 Å². The van der Waals surface area contributed by atoms with Crippen molar-refractivity contribution in [2.75, 3.05) is 19.6 Å². The van der Waals surface area contributed by atoms with Crippen LogP contribution in [0.1, 0.15) is 33.6 Å². The van der Waals surface area contributed by atoms with Crippen molar-refractivity contribution in [1.29, 1.82) is 5.26 Å². The zero-order valence-electron chi connectivity index (χ0n) is 13.5. The Kier molecular flexibility index (Phi) is 4.51. The molecule has 2 aliphatic rings. The second kappa shape index (κ2) is 5.95. The van der Waals surface area contributed by atoms with Gasteiger partial charge in [0.2, 0.25) is 5.91 Å². The van der Waals surface area contributed by atoms with Gasteiger partial charge in [-0.3, -0.25) is 9.69 Å². The van der Waals surface area contributed by atoms with Crippen molar-refractivity contribution in [3.05, 3.63) is 0 Å². The first-order chi connectivity index (χ1) is 10.5. The van der Waals surface area contributed by atoms with Crippen LogP contribution in [0.15, 0.2) is 0 Å². The Balaban J connectivity index is 2.12. The van der Waals surface area contributed by atoms with Crippen molar-refractivity contribution in [3.63, 3.8) is 0 Å². The predicted molar refractivity (Wildman–Crippen MR) is 76.6 cm³/mol. The summed E-state index contributed by atoms with van der Waals surface area (Å²) in [5, 5.41) is 9.07. The third-order valence-electron chi connectivity index (χ3n) is 3.88. The molecule has 0 unspecified atom stereocenters. The van der Waals surface area contributed by atoms with E-state index in [9.17, 15) is 18.4 Å². The molecule has 128 valence electrons. The fraction of sp³-hybridized carbons (Fsp3) is 0.800. The second-order valence-corrected chi connectivity index (χ2v) is 7.08. The molecule has 0 aliphatic carbocycles. The molecule has 2 atom stereocenters. The smallest absolute Gasteiger partial charge is 0.411 e. The minimum atomic E-state index is -2.89. The molecule has 2 heterocycles. The van der Waals surface area contributed by atoms with Gasteiger partial charge in [-0.05, 0) is 27.2 Å². The van der Waals surface area contributed by atoms with Crippen LogP contribution in [-0.4, -0.2) is 59.0 Å². The molecule has 2 fully saturated rings. The maximum Gasteiger partial charge on any atom is 0.411 e. The van der Waals surface area contributed by atoms with Crippen molar-refractivity contribution >= 4 is 12.0 Å². The molecule has 23 heavy (non-hydrogen) atoms. The van der Waals surface area contributed by atoms with E-state index in [4.69, 9.17) is 10.00 Å². The monoisotopic (exact) mass is 329 g/mol. The van der Waals surface area contributed by atoms with Crippen LogP contribution < -0.4 is 0 Å². The number of hydrogen-bond donors (Lipinski definition) is 0. The summed E-state index contributed by atoms with van der Waals surface area (Å²) < 4.78 is 31.9. The number of nitriles is 1. The summed E-state index contributed by atoms with van der Waals surface area (Å²) >= 11 is 0. The molecule has 0 saturated carbocycles. The molecule has 0 aromatic carbocycles. The van der Waals surface area contributed by atoms with Crippen LogP contribution in [-0.2, 0) is 9.53 Å². The third kappa shape index (κ3) is 4.09. The Morgan fingerprint density at radius 1 is 1.35 bits per heavy atom. The first kappa shape index (κ1) is 17.4. The van der Waals surface area contributed by atoms with Gasteiger partial charge in [-0.15, -0.1) is 0 Å². The van der Waals surface area contributed by atoms with E-state index in [-0.39, 0.29) is 25.9 Å². The summed E-state index contributed by atoms with van der Waals surface area (Å²) in [4.78, 5) is 27.0. The highest BCUT2D eigenvalue weighted by atomic mass is 19.3. The summed E-state index contributed by atoms with van der Waals surface area (Å²) in [5.74, 6) is -3.93. The molecule has 0 radical (unpaired) electrons. The molecule has 0 N–H and O–H groups in total. The number of rotatable bonds is 1. The fourth-order valence-corrected chi connectivity index (χ4v) is 2.82. The molecular formula is C15H21F2N3O3. The minimum absolute atomic E-state index is 0.0400. The highest BCUT2D eigenvalue weighted by Gasteiger charge is 2.47. The molecular weight excluding hydrogens is 308 g/mol. The number of hydrogen-bond acceptors (Lipinski definition) is 4. The fourth-order valence-electron chi connectivity index (χ4n) is 2.82. The lowest BCUT2D eigenvalue weighted by atomic mass is 10.1. The van der Waals surface area contributed by atoms with Gasteiger partial charge in [0.05, 0.1) is 18.5 Å². The first-order valence-electron chi connectivity index (χ1n) is 7.58. The second-order valence-electron chi connectivity index (χ2n) is 7.08. The average Bonchev–Trinajstić information content (AvgIpc) is 2.99. The Morgan fingerprint density at radius 2 is 2.00 bits per heavy atom. The lowest BCUT2D eigenvalue weighted by molar-refractivity contribution is -0.136. The van der Waals surface area contributed by atoms with E-state index in [1.807, 2.05) is 6.07 Å². The SMILES string of the molecule is CC(C)(C)OC(=O)N1C[C@@H](C#N)C[C@H]1C(=O)N1CCC(F)(F)C1. The number of halogens is 2. The largest absolute Gasteiger partial charge is 0.444 e. The van der Waals surface area contributed by atoms with Crippen LogP contribution in [0.5, 0.6) is 0 Å². The van der Waals surface area contributed by atoms with Crippen molar-refractivity contribution in [1.82, 2.24) is 9.80 Å². The molecule has 0 aromatic rings. The average molecular weight is 329 g/mol. The molecule has 8 heteroatoms. The molecule has 2 aliphatic heterocycles. The van der Waals surface area contributed by atoms with Gasteiger partial charge in [0.25, 0.3) is 5.92 Å². The van der Waals surface area contributed by atoms with Crippen molar-refractivity contribution in [2.24, 2.45) is 5.92 Å². The van der Waals surface area contributed by atoms with Gasteiger partial charge in [0, 0.05) is 19.5 Å². The number of carbonyl (C=O) groups is 2. The molecule has 0 bridgehead atoms. The van der Waals surface area contributed by atoms with Gasteiger partial charge in [0.1, 0.15) is 11.6 Å². The van der Waals surface area contributed by atoms with E-state index in [0.717, 1.165) is 4.90 Å². The van der Waals surface area contributed by atoms with Gasteiger partial charge >= 0.3 is 6.09 Å². The van der Waals surface area contributed by atoms with E-state index >= 15 is 0 Å². The molecule has 0 aromatic heterocycles. The van der Waals surface area contributed by atoms with E-state index in [0.29, 0.717) is 0 Å². The van der Waals surface area contributed by atoms with Crippen LogP contribution in [0, 0.1) is 17.2 Å². The zero-order valence-corrected chi connectivity index (χ0v) is 13.5. The number of nitrogens with zero attached hydrogens (tertiary/aromatic N) is 3. The Bertz CT molecular complexity index is 539. The minimum Gasteiger partial charge on any atom is -0.444 e. The number of alkyl halides is 2. The standard InChI is InChI=1S/C15H21F2N3O3/c1-14(2,3)23-13(22)20-8-10(7-18)6-11(20)12(21)19-5-4-15(16,17)9-19/h10-11H,4-6,8-9H2,1-3H3/t10-,11+/m1/s1. The van der Waals surface area contributed by atoms with Gasteiger partial charge in [0.15, 0.2) is 0 Å². The van der Waals surface area contributed by atoms with Crippen LogP contribution >= 0.6 is 0 Å². The van der Waals surface area contributed by atoms with E-state index in [2.05, 4.69) is 0 Å². The molecule has 2 rings (SSSR count). The van der Waals surface area contributed by atoms with Crippen molar-refractivity contribution < 1.29 is 23.1 Å². The summed E-state index contributed by atoms with van der Waals surface area (Å²) in [6.07, 6.45) is -0.921. The Morgan fingerprint density at radius 3 is 2.48 bits per heavy atom. The van der Waals surface area contributed by atoms with Gasteiger partial charge in [-0.1, -0.05) is 0 Å². The van der Waals surface area contributed by atoms with Gasteiger partial charge in [-0.25, -0.2) is 13.6 Å². The normalized spacial score (nSPS) is 27.0. The lowest BCUT2D eigenvalue weighted by Crippen LogP contribution is -2.48. The quantitative estimate of drug-likeness (QED) is 0.737. The van der Waals surface area contributed by atoms with Crippen LogP contribution in [0.3, 0.4) is 0 Å². The number of carbonyl (C=O) groups excluding carboxylic acids is 2. The van der Waals surface area contributed by atoms with Crippen LogP contribution in [0.4, 0.5) is 13.6 Å². The number of amides is 2. The Labute approximate surface area is 134 Å². The highest BCUT2D eigenvalue weighted by Crippen LogP contribution is 2.31. The summed E-state index contributed by atoms with van der Waals surface area (Å²) in [6, 6.07) is 1.12. The lowest BCUT2D eigenvalue weighted by Gasteiger charge is -2.30. The van der Waals surface area contributed by atoms with E-state index in [1.54, 1.807) is 20.8 Å². The van der Waals surface area contributed by atoms with E-state index < -0.39 is 42.0 Å². The molecule has 0 spiro atoms. The van der Waals surface area contributed by atoms with Crippen LogP contribution in [0.25, 0.3) is 0 Å². The highest BCUT2D eigenvalue weighted by molar-refractivity contribution is 5.86. The molecule has 6 nitrogen and oxygen atoms in total. The third-order valence-corrected chi connectivity index (χ3v) is 3.88. The molecule has 2 saturated heterocycles. The summed E-state index contributed by atoms with van der Waals surface area (Å²) in [7, 11) is 0. The molecule has 2 amide bonds. The van der Waals surface area contributed by atoms with Gasteiger partial charge in [-0.2, -0.15) is 5.26 Å². The van der Waals surface area contributed by atoms with Crippen molar-refractivity contribution in [2.45, 2.75) is 51.2 Å². The predicted octanol–water partition coefficient (Wildman–Crippen LogP) is 2.00. The summed E-state index contributed by atoms with van der Waals surface area (Å²) in [6.45, 7) is 4.48.